The number of likely N-dealkylation sites (N-methyl/N-ethyl adjacent to an activating group) is 1. The van der Waals surface area contributed by atoms with Crippen molar-refractivity contribution in [3.63, 3.8) is 0 Å². The fourth-order valence-electron chi connectivity index (χ4n) is 1.49. The second-order valence-corrected chi connectivity index (χ2v) is 3.66. The molecule has 0 aromatic carbocycles. The van der Waals surface area contributed by atoms with Crippen LogP contribution in [-0.4, -0.2) is 50.6 Å². The minimum absolute atomic E-state index is 0.237. The number of carbonyl (C=O) groups is 1. The fraction of sp³-hybridized carbons (Fsp3) is 0.444. The van der Waals surface area contributed by atoms with E-state index in [1.54, 1.807) is 13.0 Å². The van der Waals surface area contributed by atoms with E-state index < -0.39 is 11.9 Å². The van der Waals surface area contributed by atoms with Gasteiger partial charge in [-0.1, -0.05) is 0 Å². The van der Waals surface area contributed by atoms with Crippen molar-refractivity contribution in [3.05, 3.63) is 18.1 Å². The highest BCUT2D eigenvalue weighted by atomic mass is 16.5. The van der Waals surface area contributed by atoms with E-state index in [1.807, 2.05) is 0 Å². The summed E-state index contributed by atoms with van der Waals surface area (Å²) >= 11 is 0. The Bertz CT molecular complexity index is 435. The number of aromatic nitrogens is 2. The second kappa shape index (κ2) is 3.39. The standard InChI is InChI=1S/C9H12N4O3/c1-6-10-4-3-7(11-6)13-5-9(15,16)12(2)8(13)14/h3-4,15-16H,5H2,1-2H3. The van der Waals surface area contributed by atoms with Gasteiger partial charge in [-0.15, -0.1) is 0 Å². The average Bonchev–Trinajstić information content (AvgIpc) is 2.42. The molecule has 16 heavy (non-hydrogen) atoms. The highest BCUT2D eigenvalue weighted by Gasteiger charge is 2.46. The van der Waals surface area contributed by atoms with E-state index in [0.29, 0.717) is 11.6 Å². The van der Waals surface area contributed by atoms with Gasteiger partial charge in [-0.2, -0.15) is 0 Å². The molecule has 7 nitrogen and oxygen atoms in total. The number of aryl methyl sites for hydroxylation is 1. The maximum absolute atomic E-state index is 11.7. The topological polar surface area (TPSA) is 89.8 Å². The summed E-state index contributed by atoms with van der Waals surface area (Å²) in [6, 6.07) is 1.03. The number of urea groups is 1. The highest BCUT2D eigenvalue weighted by Crippen LogP contribution is 2.24. The molecule has 7 heteroatoms. The summed E-state index contributed by atoms with van der Waals surface area (Å²) in [6.07, 6.45) is 1.51. The van der Waals surface area contributed by atoms with Crippen LogP contribution in [0.2, 0.25) is 0 Å². The van der Waals surface area contributed by atoms with Crippen molar-refractivity contribution >= 4 is 11.8 Å². The van der Waals surface area contributed by atoms with Crippen molar-refractivity contribution in [1.82, 2.24) is 14.9 Å². The molecular weight excluding hydrogens is 212 g/mol. The molecule has 2 rings (SSSR count). The van der Waals surface area contributed by atoms with Crippen LogP contribution in [0.1, 0.15) is 5.82 Å². The number of amides is 2. The molecule has 0 radical (unpaired) electrons. The molecule has 0 bridgehead atoms. The zero-order chi connectivity index (χ0) is 11.9. The third-order valence-electron chi connectivity index (χ3n) is 2.46. The van der Waals surface area contributed by atoms with Crippen molar-refractivity contribution in [1.29, 1.82) is 0 Å². The van der Waals surface area contributed by atoms with Crippen LogP contribution < -0.4 is 4.90 Å². The van der Waals surface area contributed by atoms with Crippen LogP contribution >= 0.6 is 0 Å². The van der Waals surface area contributed by atoms with Crippen LogP contribution in [0.4, 0.5) is 10.6 Å². The first-order valence-electron chi connectivity index (χ1n) is 4.71. The van der Waals surface area contributed by atoms with E-state index in [1.165, 1.54) is 18.1 Å². The van der Waals surface area contributed by atoms with Crippen LogP contribution in [0.3, 0.4) is 0 Å². The number of nitrogens with zero attached hydrogens (tertiary/aromatic N) is 4. The van der Waals surface area contributed by atoms with Gasteiger partial charge in [0.25, 0.3) is 5.91 Å². The molecule has 0 saturated carbocycles. The number of β-amino-alcohol motifs (C(OH)–C–C–N with tert-alkyl or cyclic N) is 2. The average molecular weight is 224 g/mol. The SMILES string of the molecule is Cc1nccc(N2CC(O)(O)N(C)C2=O)n1. The molecule has 2 N–H and O–H groups in total. The van der Waals surface area contributed by atoms with Gasteiger partial charge in [0.2, 0.25) is 0 Å². The molecule has 1 aromatic heterocycles. The minimum Gasteiger partial charge on any atom is -0.347 e. The van der Waals surface area contributed by atoms with Gasteiger partial charge in [0.1, 0.15) is 18.2 Å². The van der Waals surface area contributed by atoms with Crippen LogP contribution in [-0.2, 0) is 0 Å². The summed E-state index contributed by atoms with van der Waals surface area (Å²) in [6.45, 7) is 1.46. The molecule has 86 valence electrons. The number of rotatable bonds is 1. The number of aliphatic hydroxyl groups is 2. The number of anilines is 1. The molecular formula is C9H12N4O3. The summed E-state index contributed by atoms with van der Waals surface area (Å²) in [4.78, 5) is 21.7. The molecule has 1 saturated heterocycles. The van der Waals surface area contributed by atoms with Gasteiger partial charge in [0.05, 0.1) is 0 Å². The molecule has 0 spiro atoms. The van der Waals surface area contributed by atoms with Gasteiger partial charge in [-0.25, -0.2) is 14.8 Å². The summed E-state index contributed by atoms with van der Waals surface area (Å²) in [7, 11) is 1.32. The van der Waals surface area contributed by atoms with Gasteiger partial charge in [0, 0.05) is 13.2 Å². The molecule has 1 aliphatic rings. The third kappa shape index (κ3) is 1.59. The van der Waals surface area contributed by atoms with Crippen LogP contribution in [0.15, 0.2) is 12.3 Å². The summed E-state index contributed by atoms with van der Waals surface area (Å²) < 4.78 is 0. The molecule has 1 aromatic rings. The first-order valence-corrected chi connectivity index (χ1v) is 4.71. The van der Waals surface area contributed by atoms with Crippen LogP contribution in [0.5, 0.6) is 0 Å². The Morgan fingerprint density at radius 3 is 2.69 bits per heavy atom. The molecule has 2 heterocycles. The summed E-state index contributed by atoms with van der Waals surface area (Å²) in [5.41, 5.74) is 0. The van der Waals surface area contributed by atoms with Gasteiger partial charge in [-0.3, -0.25) is 9.80 Å². The molecule has 1 fully saturated rings. The number of hydrogen-bond donors (Lipinski definition) is 2. The van der Waals surface area contributed by atoms with Crippen LogP contribution in [0.25, 0.3) is 0 Å². The first kappa shape index (κ1) is 10.8. The zero-order valence-electron chi connectivity index (χ0n) is 8.95. The summed E-state index contributed by atoms with van der Waals surface area (Å²) in [5.74, 6) is -1.29. The van der Waals surface area contributed by atoms with Crippen molar-refractivity contribution in [2.45, 2.75) is 12.8 Å². The lowest BCUT2D eigenvalue weighted by Gasteiger charge is -2.20. The van der Waals surface area contributed by atoms with E-state index >= 15 is 0 Å². The molecule has 2 amide bonds. The second-order valence-electron chi connectivity index (χ2n) is 3.66. The van der Waals surface area contributed by atoms with E-state index in [0.717, 1.165) is 4.90 Å². The van der Waals surface area contributed by atoms with Gasteiger partial charge in [-0.05, 0) is 13.0 Å². The van der Waals surface area contributed by atoms with E-state index in [2.05, 4.69) is 9.97 Å². The lowest BCUT2D eigenvalue weighted by atomic mass is 10.4. The Morgan fingerprint density at radius 1 is 1.50 bits per heavy atom. The Balaban J connectivity index is 2.34. The molecule has 0 unspecified atom stereocenters. The lowest BCUT2D eigenvalue weighted by Crippen LogP contribution is -2.44. The predicted molar refractivity (Wildman–Crippen MR) is 54.4 cm³/mol. The maximum Gasteiger partial charge on any atom is 0.329 e. The van der Waals surface area contributed by atoms with E-state index in [9.17, 15) is 15.0 Å². The molecule has 1 aliphatic heterocycles. The smallest absolute Gasteiger partial charge is 0.329 e. The largest absolute Gasteiger partial charge is 0.347 e. The van der Waals surface area contributed by atoms with Crippen molar-refractivity contribution in [3.8, 4) is 0 Å². The van der Waals surface area contributed by atoms with E-state index in [-0.39, 0.29) is 6.54 Å². The van der Waals surface area contributed by atoms with Gasteiger partial charge >= 0.3 is 6.03 Å². The Morgan fingerprint density at radius 2 is 2.19 bits per heavy atom. The lowest BCUT2D eigenvalue weighted by molar-refractivity contribution is -0.214. The normalized spacial score (nSPS) is 19.4. The zero-order valence-corrected chi connectivity index (χ0v) is 8.95. The maximum atomic E-state index is 11.7. The van der Waals surface area contributed by atoms with Gasteiger partial charge < -0.3 is 10.2 Å². The van der Waals surface area contributed by atoms with Crippen molar-refractivity contribution < 1.29 is 15.0 Å². The molecule has 0 aliphatic carbocycles. The number of carbonyl (C=O) groups excluding carboxylic acids is 1. The predicted octanol–water partition coefficient (Wildman–Crippen LogP) is -0.705. The first-order chi connectivity index (χ1) is 7.42. The van der Waals surface area contributed by atoms with E-state index in [4.69, 9.17) is 0 Å². The minimum atomic E-state index is -2.16. The Labute approximate surface area is 92.0 Å². The van der Waals surface area contributed by atoms with Gasteiger partial charge in [0.15, 0.2) is 0 Å². The van der Waals surface area contributed by atoms with Crippen LogP contribution in [0, 0.1) is 6.92 Å². The third-order valence-corrected chi connectivity index (χ3v) is 2.46. The Hall–Kier alpha value is -1.73. The Kier molecular flexibility index (Phi) is 2.28. The number of hydrogen-bond acceptors (Lipinski definition) is 5. The van der Waals surface area contributed by atoms with Crippen molar-refractivity contribution in [2.75, 3.05) is 18.5 Å². The fourth-order valence-corrected chi connectivity index (χ4v) is 1.49. The quantitative estimate of drug-likeness (QED) is 0.615. The highest BCUT2D eigenvalue weighted by molar-refractivity contribution is 5.93. The molecule has 0 atom stereocenters. The summed E-state index contributed by atoms with van der Waals surface area (Å²) in [5, 5.41) is 19.0. The van der Waals surface area contributed by atoms with Crippen molar-refractivity contribution in [2.24, 2.45) is 0 Å². The monoisotopic (exact) mass is 224 g/mol.